The predicted molar refractivity (Wildman–Crippen MR) is 102 cm³/mol. The van der Waals surface area contributed by atoms with Crippen LogP contribution in [0.2, 0.25) is 5.02 Å². The smallest absolute Gasteiger partial charge is 0.262 e. The van der Waals surface area contributed by atoms with Crippen molar-refractivity contribution in [2.24, 2.45) is 0 Å². The Morgan fingerprint density at radius 2 is 2.00 bits per heavy atom. The summed E-state index contributed by atoms with van der Waals surface area (Å²) in [7, 11) is 0. The second kappa shape index (κ2) is 8.37. The molecule has 4 nitrogen and oxygen atoms in total. The van der Waals surface area contributed by atoms with Crippen LogP contribution in [0.3, 0.4) is 0 Å². The summed E-state index contributed by atoms with van der Waals surface area (Å²) < 4.78 is 1.82. The standard InChI is InChI=1S/C18H24ClN3OS/c1-2-8-22-17(23)15-7-6-14(19)13-16(15)20-18(22)24-12-11-21-9-4-3-5-10-21/h6-7,13H,2-5,8-12H2,1H3. The average Bonchev–Trinajstić information content (AvgIpc) is 2.59. The van der Waals surface area contributed by atoms with Gasteiger partial charge < -0.3 is 4.90 Å². The number of hydrogen-bond donors (Lipinski definition) is 0. The van der Waals surface area contributed by atoms with Crippen molar-refractivity contribution in [3.8, 4) is 0 Å². The first-order valence-corrected chi connectivity index (χ1v) is 10.1. The van der Waals surface area contributed by atoms with Crippen molar-refractivity contribution in [3.05, 3.63) is 33.6 Å². The molecule has 0 aliphatic carbocycles. The van der Waals surface area contributed by atoms with Crippen molar-refractivity contribution in [1.29, 1.82) is 0 Å². The van der Waals surface area contributed by atoms with Gasteiger partial charge in [0.05, 0.1) is 10.9 Å². The highest BCUT2D eigenvalue weighted by Crippen LogP contribution is 2.21. The van der Waals surface area contributed by atoms with Crippen LogP contribution in [0.5, 0.6) is 0 Å². The Labute approximate surface area is 152 Å². The third kappa shape index (κ3) is 4.13. The lowest BCUT2D eigenvalue weighted by molar-refractivity contribution is 0.242. The van der Waals surface area contributed by atoms with Crippen LogP contribution in [0.25, 0.3) is 10.9 Å². The molecule has 3 rings (SSSR count). The maximum atomic E-state index is 12.8. The summed E-state index contributed by atoms with van der Waals surface area (Å²) in [5.41, 5.74) is 0.735. The molecule has 1 saturated heterocycles. The van der Waals surface area contributed by atoms with E-state index >= 15 is 0 Å². The quantitative estimate of drug-likeness (QED) is 0.572. The Morgan fingerprint density at radius 1 is 1.21 bits per heavy atom. The number of benzene rings is 1. The van der Waals surface area contributed by atoms with Crippen LogP contribution in [0, 0.1) is 0 Å². The van der Waals surface area contributed by atoms with Crippen molar-refractivity contribution >= 4 is 34.3 Å². The molecule has 0 radical (unpaired) electrons. The molecule has 1 aliphatic heterocycles. The van der Waals surface area contributed by atoms with Crippen molar-refractivity contribution in [1.82, 2.24) is 14.5 Å². The van der Waals surface area contributed by atoms with Crippen molar-refractivity contribution in [2.75, 3.05) is 25.4 Å². The van der Waals surface area contributed by atoms with E-state index in [0.717, 1.165) is 23.9 Å². The van der Waals surface area contributed by atoms with Crippen molar-refractivity contribution < 1.29 is 0 Å². The van der Waals surface area contributed by atoms with Gasteiger partial charge in [0.2, 0.25) is 0 Å². The lowest BCUT2D eigenvalue weighted by atomic mass is 10.1. The van der Waals surface area contributed by atoms with Gasteiger partial charge in [-0.15, -0.1) is 0 Å². The third-order valence-corrected chi connectivity index (χ3v) is 5.61. The number of likely N-dealkylation sites (tertiary alicyclic amines) is 1. The van der Waals surface area contributed by atoms with Crippen LogP contribution >= 0.6 is 23.4 Å². The van der Waals surface area contributed by atoms with Gasteiger partial charge in [0.25, 0.3) is 5.56 Å². The summed E-state index contributed by atoms with van der Waals surface area (Å²) in [5.74, 6) is 0.961. The maximum Gasteiger partial charge on any atom is 0.262 e. The molecule has 2 aromatic rings. The molecule has 1 fully saturated rings. The SMILES string of the molecule is CCCn1c(SCCN2CCCCC2)nc2cc(Cl)ccc2c1=O. The summed E-state index contributed by atoms with van der Waals surface area (Å²) in [6.07, 6.45) is 4.88. The van der Waals surface area contributed by atoms with Gasteiger partial charge in [-0.25, -0.2) is 4.98 Å². The summed E-state index contributed by atoms with van der Waals surface area (Å²) in [6.45, 7) is 6.24. The topological polar surface area (TPSA) is 38.1 Å². The Balaban J connectivity index is 1.81. The number of thioether (sulfide) groups is 1. The van der Waals surface area contributed by atoms with Gasteiger partial charge in [-0.3, -0.25) is 9.36 Å². The van der Waals surface area contributed by atoms with E-state index in [4.69, 9.17) is 16.6 Å². The van der Waals surface area contributed by atoms with Crippen LogP contribution in [0.4, 0.5) is 0 Å². The highest BCUT2D eigenvalue weighted by molar-refractivity contribution is 7.99. The van der Waals surface area contributed by atoms with Crippen molar-refractivity contribution in [3.63, 3.8) is 0 Å². The number of hydrogen-bond acceptors (Lipinski definition) is 4. The van der Waals surface area contributed by atoms with Crippen molar-refractivity contribution in [2.45, 2.75) is 44.3 Å². The lowest BCUT2D eigenvalue weighted by Gasteiger charge is -2.26. The van der Waals surface area contributed by atoms with Crippen LogP contribution in [-0.2, 0) is 6.54 Å². The van der Waals surface area contributed by atoms with Gasteiger partial charge >= 0.3 is 0 Å². The zero-order valence-electron chi connectivity index (χ0n) is 14.1. The first-order valence-electron chi connectivity index (χ1n) is 8.74. The minimum atomic E-state index is 0.0407. The second-order valence-corrected chi connectivity index (χ2v) is 7.76. The highest BCUT2D eigenvalue weighted by atomic mass is 35.5. The van der Waals surface area contributed by atoms with Gasteiger partial charge in [0, 0.05) is 23.9 Å². The molecule has 0 unspecified atom stereocenters. The first-order chi connectivity index (χ1) is 11.7. The van der Waals surface area contributed by atoms with Gasteiger partial charge in [-0.2, -0.15) is 0 Å². The number of aromatic nitrogens is 2. The Morgan fingerprint density at radius 3 is 2.75 bits per heavy atom. The molecule has 0 atom stereocenters. The van der Waals surface area contributed by atoms with E-state index in [0.29, 0.717) is 22.5 Å². The molecule has 0 bridgehead atoms. The molecular weight excluding hydrogens is 342 g/mol. The van der Waals surface area contributed by atoms with E-state index in [1.807, 2.05) is 4.57 Å². The minimum Gasteiger partial charge on any atom is -0.303 e. The largest absolute Gasteiger partial charge is 0.303 e. The maximum absolute atomic E-state index is 12.8. The molecule has 130 valence electrons. The van der Waals surface area contributed by atoms with Crippen LogP contribution in [0.1, 0.15) is 32.6 Å². The normalized spacial score (nSPS) is 15.9. The van der Waals surface area contributed by atoms with E-state index in [1.54, 1.807) is 30.0 Å². The molecule has 0 spiro atoms. The summed E-state index contributed by atoms with van der Waals surface area (Å²) in [4.78, 5) is 20.0. The first kappa shape index (κ1) is 17.8. The lowest BCUT2D eigenvalue weighted by Crippen LogP contribution is -2.31. The molecule has 1 aromatic heterocycles. The molecule has 6 heteroatoms. The highest BCUT2D eigenvalue weighted by Gasteiger charge is 2.13. The van der Waals surface area contributed by atoms with E-state index in [-0.39, 0.29) is 5.56 Å². The summed E-state index contributed by atoms with van der Waals surface area (Å²) in [5, 5.41) is 2.08. The number of nitrogens with zero attached hydrogens (tertiary/aromatic N) is 3. The summed E-state index contributed by atoms with van der Waals surface area (Å²) in [6, 6.07) is 5.32. The molecule has 24 heavy (non-hydrogen) atoms. The fourth-order valence-corrected chi connectivity index (χ4v) is 4.35. The molecule has 0 saturated carbocycles. The van der Waals surface area contributed by atoms with Crippen LogP contribution < -0.4 is 5.56 Å². The van der Waals surface area contributed by atoms with Gasteiger partial charge in [-0.05, 0) is 50.6 Å². The number of rotatable bonds is 6. The molecule has 1 aromatic carbocycles. The van der Waals surface area contributed by atoms with Gasteiger partial charge in [0.15, 0.2) is 5.16 Å². The van der Waals surface area contributed by atoms with Crippen LogP contribution in [0.15, 0.2) is 28.2 Å². The second-order valence-electron chi connectivity index (χ2n) is 6.26. The fraction of sp³-hybridized carbons (Fsp3) is 0.556. The van der Waals surface area contributed by atoms with E-state index in [2.05, 4.69) is 11.8 Å². The minimum absolute atomic E-state index is 0.0407. The number of piperidine rings is 1. The predicted octanol–water partition coefficient (Wildman–Crippen LogP) is 4.04. The zero-order valence-corrected chi connectivity index (χ0v) is 15.7. The summed E-state index contributed by atoms with van der Waals surface area (Å²) >= 11 is 7.75. The number of halogens is 1. The Hall–Kier alpha value is -1.04. The molecule has 0 amide bonds. The molecule has 1 aliphatic rings. The average molecular weight is 366 g/mol. The Bertz CT molecular complexity index is 756. The third-order valence-electron chi connectivity index (χ3n) is 4.42. The molecule has 2 heterocycles. The van der Waals surface area contributed by atoms with E-state index < -0.39 is 0 Å². The van der Waals surface area contributed by atoms with Gasteiger partial charge in [-0.1, -0.05) is 36.7 Å². The van der Waals surface area contributed by atoms with E-state index in [1.165, 1.54) is 32.4 Å². The zero-order chi connectivity index (χ0) is 16.9. The van der Waals surface area contributed by atoms with Gasteiger partial charge in [0.1, 0.15) is 0 Å². The molecule has 0 N–H and O–H groups in total. The van der Waals surface area contributed by atoms with E-state index in [9.17, 15) is 4.79 Å². The molecular formula is C18H24ClN3OS. The fourth-order valence-electron chi connectivity index (χ4n) is 3.15. The number of fused-ring (bicyclic) bond motifs is 1. The monoisotopic (exact) mass is 365 g/mol. The Kier molecular flexibility index (Phi) is 6.19. The van der Waals surface area contributed by atoms with Crippen LogP contribution in [-0.4, -0.2) is 39.8 Å².